The molecule has 30 heavy (non-hydrogen) atoms. The van der Waals surface area contributed by atoms with Crippen molar-refractivity contribution in [3.8, 4) is 16.5 Å². The van der Waals surface area contributed by atoms with E-state index in [9.17, 15) is 10.1 Å². The number of nitrogens with zero attached hydrogens (tertiary/aromatic N) is 2. The Balaban J connectivity index is 1.54. The fourth-order valence-electron chi connectivity index (χ4n) is 6.75. The summed E-state index contributed by atoms with van der Waals surface area (Å²) in [6, 6.07) is 6.10. The lowest BCUT2D eigenvalue weighted by atomic mass is 9.48. The molecule has 0 amide bonds. The average Bonchev–Trinajstić information content (AvgIpc) is 3.34. The maximum atomic E-state index is 13.9. The molecule has 7 rings (SSSR count). The Bertz CT molecular complexity index is 1200. The molecule has 4 fully saturated rings. The third kappa shape index (κ3) is 2.44. The number of hydrogen-bond donors (Lipinski definition) is 2. The van der Waals surface area contributed by atoms with E-state index in [1.165, 1.54) is 41.9 Å². The Hall–Kier alpha value is -2.43. The van der Waals surface area contributed by atoms with Gasteiger partial charge in [0.05, 0.1) is 10.6 Å². The van der Waals surface area contributed by atoms with E-state index in [1.54, 1.807) is 0 Å². The van der Waals surface area contributed by atoms with Gasteiger partial charge in [0.1, 0.15) is 22.3 Å². The predicted molar refractivity (Wildman–Crippen MR) is 121 cm³/mol. The molecule has 3 aromatic rings. The maximum absolute atomic E-state index is 13.9. The molecule has 7 heteroatoms. The van der Waals surface area contributed by atoms with Gasteiger partial charge in [-0.25, -0.2) is 4.98 Å². The number of aromatic nitrogens is 1. The highest BCUT2D eigenvalue weighted by Crippen LogP contribution is 2.61. The van der Waals surface area contributed by atoms with Gasteiger partial charge in [0.25, 0.3) is 0 Å². The standard InChI is InChI=1S/C23H22N4OS2/c24-10-14-16(15-2-1-3-29-15)17-18(25)19(30-22(17)27-21(14)26)20(28)23-7-11-4-12(8-23)6-13(5-11)9-23/h1-3,11-13H,4-9,25H2,(H2,26,27). The molecule has 4 aliphatic carbocycles. The van der Waals surface area contributed by atoms with Crippen LogP contribution in [0, 0.1) is 34.5 Å². The molecular weight excluding hydrogens is 412 g/mol. The quantitative estimate of drug-likeness (QED) is 0.532. The highest BCUT2D eigenvalue weighted by Gasteiger charge is 2.55. The maximum Gasteiger partial charge on any atom is 0.181 e. The van der Waals surface area contributed by atoms with E-state index in [4.69, 9.17) is 11.5 Å². The van der Waals surface area contributed by atoms with Gasteiger partial charge in [0, 0.05) is 21.2 Å². The van der Waals surface area contributed by atoms with Crippen LogP contribution in [0.3, 0.4) is 0 Å². The first-order valence-corrected chi connectivity index (χ1v) is 12.2. The Kier molecular flexibility index (Phi) is 3.84. The summed E-state index contributed by atoms with van der Waals surface area (Å²) in [7, 11) is 0. The van der Waals surface area contributed by atoms with Crippen molar-refractivity contribution in [2.24, 2.45) is 23.2 Å². The van der Waals surface area contributed by atoms with Gasteiger partial charge in [0.15, 0.2) is 5.78 Å². The predicted octanol–water partition coefficient (Wildman–Crippen LogP) is 5.46. The second-order valence-corrected chi connectivity index (χ2v) is 11.3. The van der Waals surface area contributed by atoms with Crippen LogP contribution in [0.25, 0.3) is 20.7 Å². The summed E-state index contributed by atoms with van der Waals surface area (Å²) in [6.07, 6.45) is 6.88. The first kappa shape index (κ1) is 18.3. The first-order valence-electron chi connectivity index (χ1n) is 10.5. The van der Waals surface area contributed by atoms with Crippen LogP contribution in [0.2, 0.25) is 0 Å². The molecule has 0 aliphatic heterocycles. The summed E-state index contributed by atoms with van der Waals surface area (Å²) >= 11 is 2.89. The van der Waals surface area contributed by atoms with Crippen LogP contribution in [-0.2, 0) is 0 Å². The topological polar surface area (TPSA) is 106 Å². The zero-order valence-corrected chi connectivity index (χ0v) is 18.1. The van der Waals surface area contributed by atoms with Crippen LogP contribution >= 0.6 is 22.7 Å². The highest BCUT2D eigenvalue weighted by molar-refractivity contribution is 7.21. The number of fused-ring (bicyclic) bond motifs is 1. The number of carbonyl (C=O) groups is 1. The van der Waals surface area contributed by atoms with Crippen LogP contribution in [0.4, 0.5) is 11.5 Å². The number of carbonyl (C=O) groups excluding carboxylic acids is 1. The van der Waals surface area contributed by atoms with Crippen LogP contribution in [-0.4, -0.2) is 10.8 Å². The van der Waals surface area contributed by atoms with Gasteiger partial charge in [-0.05, 0) is 67.7 Å². The van der Waals surface area contributed by atoms with Crippen LogP contribution in [0.5, 0.6) is 0 Å². The number of pyridine rings is 1. The van der Waals surface area contributed by atoms with Gasteiger partial charge in [-0.1, -0.05) is 6.07 Å². The van der Waals surface area contributed by atoms with Crippen molar-refractivity contribution in [2.45, 2.75) is 38.5 Å². The number of anilines is 2. The van der Waals surface area contributed by atoms with Crippen LogP contribution in [0.1, 0.15) is 53.8 Å². The smallest absolute Gasteiger partial charge is 0.181 e. The zero-order chi connectivity index (χ0) is 20.6. The summed E-state index contributed by atoms with van der Waals surface area (Å²) in [4.78, 5) is 20.6. The molecule has 4 aliphatic rings. The highest BCUT2D eigenvalue weighted by atomic mass is 32.1. The second-order valence-electron chi connectivity index (χ2n) is 9.39. The number of ketones is 1. The van der Waals surface area contributed by atoms with Crippen molar-refractivity contribution in [2.75, 3.05) is 11.5 Å². The van der Waals surface area contributed by atoms with Crippen LogP contribution in [0.15, 0.2) is 17.5 Å². The molecule has 0 atom stereocenters. The number of thiophene rings is 2. The second kappa shape index (κ2) is 6.29. The van der Waals surface area contributed by atoms with Crippen molar-refractivity contribution in [1.82, 2.24) is 4.98 Å². The minimum atomic E-state index is -0.254. The molecule has 0 radical (unpaired) electrons. The molecule has 0 spiro atoms. The van der Waals surface area contributed by atoms with E-state index in [1.807, 2.05) is 17.5 Å². The normalized spacial score (nSPS) is 29.4. The molecule has 4 saturated carbocycles. The average molecular weight is 435 g/mol. The third-order valence-electron chi connectivity index (χ3n) is 7.51. The molecular formula is C23H22N4OS2. The van der Waals surface area contributed by atoms with Crippen molar-refractivity contribution in [1.29, 1.82) is 5.26 Å². The fourth-order valence-corrected chi connectivity index (χ4v) is 8.70. The summed E-state index contributed by atoms with van der Waals surface area (Å²) in [5.74, 6) is 2.48. The summed E-state index contributed by atoms with van der Waals surface area (Å²) in [5.41, 5.74) is 14.1. The Labute approximate surface area is 182 Å². The van der Waals surface area contributed by atoms with Crippen LogP contribution < -0.4 is 11.5 Å². The first-order chi connectivity index (χ1) is 14.5. The Morgan fingerprint density at radius 3 is 2.40 bits per heavy atom. The van der Waals surface area contributed by atoms with E-state index in [-0.39, 0.29) is 17.0 Å². The van der Waals surface area contributed by atoms with E-state index in [0.29, 0.717) is 49.7 Å². The van der Waals surface area contributed by atoms with Gasteiger partial charge in [-0.2, -0.15) is 5.26 Å². The SMILES string of the molecule is N#Cc1c(N)nc2sc(C(=O)C34CC5CC(CC(C5)C3)C4)c(N)c2c1-c1cccs1. The monoisotopic (exact) mass is 434 g/mol. The number of hydrogen-bond acceptors (Lipinski definition) is 7. The van der Waals surface area contributed by atoms with Gasteiger partial charge in [0.2, 0.25) is 0 Å². The minimum Gasteiger partial charge on any atom is -0.397 e. The lowest BCUT2D eigenvalue weighted by Gasteiger charge is -2.55. The number of nitriles is 1. The van der Waals surface area contributed by atoms with E-state index in [0.717, 1.165) is 24.1 Å². The lowest BCUT2D eigenvalue weighted by Crippen LogP contribution is -2.49. The number of nitrogens with two attached hydrogens (primary N) is 2. The Morgan fingerprint density at radius 1 is 1.17 bits per heavy atom. The molecule has 3 heterocycles. The molecule has 152 valence electrons. The summed E-state index contributed by atoms with van der Waals surface area (Å²) in [5, 5.41) is 12.4. The van der Waals surface area contributed by atoms with E-state index < -0.39 is 0 Å². The van der Waals surface area contributed by atoms with E-state index >= 15 is 0 Å². The zero-order valence-electron chi connectivity index (χ0n) is 16.5. The van der Waals surface area contributed by atoms with Crippen molar-refractivity contribution < 1.29 is 4.79 Å². The molecule has 4 bridgehead atoms. The molecule has 0 unspecified atom stereocenters. The van der Waals surface area contributed by atoms with Gasteiger partial charge in [-0.15, -0.1) is 22.7 Å². The van der Waals surface area contributed by atoms with Crippen molar-refractivity contribution >= 4 is 50.2 Å². The molecule has 3 aromatic heterocycles. The molecule has 0 saturated heterocycles. The third-order valence-corrected chi connectivity index (χ3v) is 9.50. The van der Waals surface area contributed by atoms with Gasteiger partial charge in [-0.3, -0.25) is 4.79 Å². The summed E-state index contributed by atoms with van der Waals surface area (Å²) < 4.78 is 0. The van der Waals surface area contributed by atoms with Gasteiger partial charge < -0.3 is 11.5 Å². The fraction of sp³-hybridized carbons (Fsp3) is 0.435. The Morgan fingerprint density at radius 2 is 1.83 bits per heavy atom. The van der Waals surface area contributed by atoms with Crippen molar-refractivity contribution in [3.05, 3.63) is 28.0 Å². The number of nitrogen functional groups attached to an aromatic ring is 2. The van der Waals surface area contributed by atoms with Crippen molar-refractivity contribution in [3.63, 3.8) is 0 Å². The minimum absolute atomic E-state index is 0.198. The summed E-state index contributed by atoms with van der Waals surface area (Å²) in [6.45, 7) is 0. The lowest BCUT2D eigenvalue weighted by molar-refractivity contribution is -0.0350. The van der Waals surface area contributed by atoms with E-state index in [2.05, 4.69) is 11.1 Å². The van der Waals surface area contributed by atoms with Gasteiger partial charge >= 0.3 is 0 Å². The largest absolute Gasteiger partial charge is 0.397 e. The molecule has 5 nitrogen and oxygen atoms in total. The number of rotatable bonds is 3. The molecule has 4 N–H and O–H groups in total. The number of Topliss-reactive ketones (excluding diaryl/α,β-unsaturated/α-hetero) is 1. The molecule has 0 aromatic carbocycles.